The quantitative estimate of drug-likeness (QED) is 0.492. The fraction of sp³-hybridized carbons (Fsp3) is 0. The summed E-state index contributed by atoms with van der Waals surface area (Å²) in [4.78, 5) is 17.6. The number of carboxylic acid groups (broad SMARTS) is 1. The predicted molar refractivity (Wildman–Crippen MR) is 40.3 cm³/mol. The Morgan fingerprint density at radius 2 is 2.17 bits per heavy atom. The molecule has 5 heteroatoms. The molecule has 0 aliphatic rings. The van der Waals surface area contributed by atoms with Gasteiger partial charge in [0.05, 0.1) is 11.9 Å². The van der Waals surface area contributed by atoms with Crippen molar-refractivity contribution < 1.29 is 15.0 Å². The average molecular weight is 166 g/mol. The minimum atomic E-state index is -1.39. The summed E-state index contributed by atoms with van der Waals surface area (Å²) in [6.45, 7) is 0. The summed E-state index contributed by atoms with van der Waals surface area (Å²) in [5.74, 6) is -2.14. The van der Waals surface area contributed by atoms with Crippen molar-refractivity contribution in [1.82, 2.24) is 9.97 Å². The van der Waals surface area contributed by atoms with Crippen molar-refractivity contribution in [3.63, 3.8) is 0 Å². The summed E-state index contributed by atoms with van der Waals surface area (Å²) in [5, 5.41) is 17.1. The maximum absolute atomic E-state index is 10.1. The van der Waals surface area contributed by atoms with Gasteiger partial charge in [0.15, 0.2) is 0 Å². The van der Waals surface area contributed by atoms with E-state index in [1.165, 1.54) is 18.6 Å². The molecule has 1 rings (SSSR count). The lowest BCUT2D eigenvalue weighted by molar-refractivity contribution is -0.135. The second-order valence-electron chi connectivity index (χ2n) is 1.97. The minimum Gasteiger partial charge on any atom is -0.502 e. The van der Waals surface area contributed by atoms with Crippen LogP contribution in [0.1, 0.15) is 5.69 Å². The number of hydrogen-bond donors (Lipinski definition) is 2. The van der Waals surface area contributed by atoms with E-state index in [0.29, 0.717) is 5.69 Å². The number of carbonyl (C=O) groups is 1. The largest absolute Gasteiger partial charge is 0.502 e. The molecule has 0 aromatic carbocycles. The van der Waals surface area contributed by atoms with Gasteiger partial charge in [-0.1, -0.05) is 0 Å². The molecule has 1 heterocycles. The highest BCUT2D eigenvalue weighted by Crippen LogP contribution is 1.98. The molecule has 62 valence electrons. The number of aliphatic hydroxyl groups excluding tert-OH is 1. The Bertz CT molecular complexity index is 308. The van der Waals surface area contributed by atoms with E-state index >= 15 is 0 Å². The van der Waals surface area contributed by atoms with E-state index in [2.05, 4.69) is 9.97 Å². The van der Waals surface area contributed by atoms with Crippen LogP contribution in [0.15, 0.2) is 24.3 Å². The van der Waals surface area contributed by atoms with E-state index < -0.39 is 11.7 Å². The van der Waals surface area contributed by atoms with Crippen LogP contribution >= 0.6 is 0 Å². The number of aliphatic carboxylic acids is 1. The van der Waals surface area contributed by atoms with Crippen LogP contribution in [0.5, 0.6) is 0 Å². The van der Waals surface area contributed by atoms with Crippen LogP contribution < -0.4 is 0 Å². The molecule has 0 saturated heterocycles. The number of hydrogen-bond acceptors (Lipinski definition) is 4. The van der Waals surface area contributed by atoms with Crippen molar-refractivity contribution in [1.29, 1.82) is 0 Å². The van der Waals surface area contributed by atoms with Crippen LogP contribution in [0, 0.1) is 0 Å². The molecule has 0 amide bonds. The van der Waals surface area contributed by atoms with Crippen molar-refractivity contribution in [3.05, 3.63) is 30.0 Å². The van der Waals surface area contributed by atoms with Crippen molar-refractivity contribution in [2.24, 2.45) is 0 Å². The van der Waals surface area contributed by atoms with Gasteiger partial charge in [0.1, 0.15) is 0 Å². The van der Waals surface area contributed by atoms with Gasteiger partial charge in [-0.2, -0.15) is 0 Å². The lowest BCUT2D eigenvalue weighted by Crippen LogP contribution is -1.98. The molecule has 0 spiro atoms. The first-order valence-corrected chi connectivity index (χ1v) is 3.10. The van der Waals surface area contributed by atoms with E-state index in [4.69, 9.17) is 10.2 Å². The van der Waals surface area contributed by atoms with Gasteiger partial charge in [-0.15, -0.1) is 0 Å². The zero-order chi connectivity index (χ0) is 8.97. The first-order chi connectivity index (χ1) is 5.70. The van der Waals surface area contributed by atoms with Gasteiger partial charge in [0.2, 0.25) is 5.76 Å². The van der Waals surface area contributed by atoms with E-state index in [-0.39, 0.29) is 0 Å². The first-order valence-electron chi connectivity index (χ1n) is 3.10. The summed E-state index contributed by atoms with van der Waals surface area (Å²) in [7, 11) is 0. The standard InChI is InChI=1S/C7H6N2O3/c10-6(7(11)12)3-5-4-8-1-2-9-5/h1-4,10H,(H,11,12)/b6-3-. The molecule has 0 radical (unpaired) electrons. The van der Waals surface area contributed by atoms with Gasteiger partial charge < -0.3 is 10.2 Å². The average Bonchev–Trinajstić information content (AvgIpc) is 2.06. The molecule has 0 fully saturated rings. The van der Waals surface area contributed by atoms with Crippen molar-refractivity contribution in [2.45, 2.75) is 0 Å². The van der Waals surface area contributed by atoms with Crippen molar-refractivity contribution in [2.75, 3.05) is 0 Å². The Morgan fingerprint density at radius 1 is 1.42 bits per heavy atom. The normalized spacial score (nSPS) is 11.2. The molecule has 12 heavy (non-hydrogen) atoms. The topological polar surface area (TPSA) is 83.3 Å². The van der Waals surface area contributed by atoms with E-state index in [9.17, 15) is 4.79 Å². The number of rotatable bonds is 2. The highest BCUT2D eigenvalue weighted by atomic mass is 16.4. The Hall–Kier alpha value is -1.91. The second-order valence-corrected chi connectivity index (χ2v) is 1.97. The van der Waals surface area contributed by atoms with E-state index in [1.54, 1.807) is 0 Å². The van der Waals surface area contributed by atoms with Crippen LogP contribution in [0.25, 0.3) is 6.08 Å². The molecular weight excluding hydrogens is 160 g/mol. The van der Waals surface area contributed by atoms with Gasteiger partial charge in [-0.05, 0) is 0 Å². The number of aromatic nitrogens is 2. The lowest BCUT2D eigenvalue weighted by Gasteiger charge is -1.91. The number of aliphatic hydroxyl groups is 1. The van der Waals surface area contributed by atoms with Gasteiger partial charge in [0.25, 0.3) is 0 Å². The molecule has 1 aromatic rings. The monoisotopic (exact) mass is 166 g/mol. The number of nitrogens with zero attached hydrogens (tertiary/aromatic N) is 2. The second kappa shape index (κ2) is 3.47. The van der Waals surface area contributed by atoms with Gasteiger partial charge in [-0.3, -0.25) is 9.97 Å². The minimum absolute atomic E-state index is 0.303. The molecular formula is C7H6N2O3. The van der Waals surface area contributed by atoms with Crippen LogP contribution in [0.3, 0.4) is 0 Å². The fourth-order valence-corrected chi connectivity index (χ4v) is 0.587. The van der Waals surface area contributed by atoms with Crippen molar-refractivity contribution >= 4 is 12.0 Å². The summed E-state index contributed by atoms with van der Waals surface area (Å²) in [6, 6.07) is 0. The Labute approximate surface area is 68.0 Å². The Balaban J connectivity index is 2.89. The third-order valence-electron chi connectivity index (χ3n) is 1.09. The highest BCUT2D eigenvalue weighted by molar-refractivity contribution is 5.88. The van der Waals surface area contributed by atoms with Crippen LogP contribution in [0.4, 0.5) is 0 Å². The maximum Gasteiger partial charge on any atom is 0.371 e. The molecule has 0 bridgehead atoms. The molecule has 5 nitrogen and oxygen atoms in total. The molecule has 0 aliphatic heterocycles. The zero-order valence-electron chi connectivity index (χ0n) is 6.01. The van der Waals surface area contributed by atoms with Gasteiger partial charge in [-0.25, -0.2) is 4.79 Å². The SMILES string of the molecule is O=C(O)/C(O)=C/c1cnccn1. The maximum atomic E-state index is 10.1. The highest BCUT2D eigenvalue weighted by Gasteiger charge is 2.03. The van der Waals surface area contributed by atoms with E-state index in [1.807, 2.05) is 0 Å². The molecule has 0 saturated carbocycles. The smallest absolute Gasteiger partial charge is 0.371 e. The molecule has 0 unspecified atom stereocenters. The van der Waals surface area contributed by atoms with Gasteiger partial charge >= 0.3 is 5.97 Å². The number of carboxylic acids is 1. The summed E-state index contributed by atoms with van der Waals surface area (Å²) < 4.78 is 0. The molecule has 0 atom stereocenters. The van der Waals surface area contributed by atoms with Crippen LogP contribution in [-0.4, -0.2) is 26.2 Å². The Kier molecular flexibility index (Phi) is 2.37. The summed E-state index contributed by atoms with van der Waals surface area (Å²) in [5.41, 5.74) is 0.303. The third-order valence-corrected chi connectivity index (χ3v) is 1.09. The predicted octanol–water partition coefficient (Wildman–Crippen LogP) is 0.460. The summed E-state index contributed by atoms with van der Waals surface area (Å²) >= 11 is 0. The molecule has 1 aromatic heterocycles. The third kappa shape index (κ3) is 2.05. The molecule has 2 N–H and O–H groups in total. The molecule has 0 aliphatic carbocycles. The van der Waals surface area contributed by atoms with Crippen LogP contribution in [-0.2, 0) is 4.79 Å². The first kappa shape index (κ1) is 8.19. The van der Waals surface area contributed by atoms with E-state index in [0.717, 1.165) is 6.08 Å². The Morgan fingerprint density at radius 3 is 2.67 bits per heavy atom. The summed E-state index contributed by atoms with van der Waals surface area (Å²) in [6.07, 6.45) is 5.23. The van der Waals surface area contributed by atoms with Crippen molar-refractivity contribution in [3.8, 4) is 0 Å². The zero-order valence-corrected chi connectivity index (χ0v) is 6.01. The lowest BCUT2D eigenvalue weighted by atomic mass is 10.3. The van der Waals surface area contributed by atoms with Gasteiger partial charge in [0, 0.05) is 18.5 Å². The fourth-order valence-electron chi connectivity index (χ4n) is 0.587. The van der Waals surface area contributed by atoms with Crippen LogP contribution in [0.2, 0.25) is 0 Å².